The maximum Gasteiger partial charge on any atom is 0.315 e. The molecular weight excluding hydrogens is 272 g/mol. The molecule has 0 saturated carbocycles. The summed E-state index contributed by atoms with van der Waals surface area (Å²) in [5, 5.41) is 18.7. The van der Waals surface area contributed by atoms with Crippen LogP contribution < -0.4 is 10.6 Å². The molecule has 0 unspecified atom stereocenters. The Morgan fingerprint density at radius 3 is 2.43 bits per heavy atom. The fourth-order valence-corrected chi connectivity index (χ4v) is 1.67. The fourth-order valence-electron chi connectivity index (χ4n) is 1.67. The van der Waals surface area contributed by atoms with Gasteiger partial charge in [0.05, 0.1) is 17.2 Å². The van der Waals surface area contributed by atoms with Gasteiger partial charge in [-0.3, -0.25) is 9.48 Å². The van der Waals surface area contributed by atoms with E-state index in [9.17, 15) is 14.7 Å². The van der Waals surface area contributed by atoms with Gasteiger partial charge in [-0.15, -0.1) is 0 Å². The number of hydrogen-bond acceptors (Lipinski definition) is 3. The molecule has 7 nitrogen and oxygen atoms in total. The molecule has 118 valence electrons. The second-order valence-electron chi connectivity index (χ2n) is 6.21. The Balaban J connectivity index is 2.48. The molecule has 0 spiro atoms. The molecule has 0 aromatic carbocycles. The van der Waals surface area contributed by atoms with Crippen LogP contribution in [0.3, 0.4) is 0 Å². The summed E-state index contributed by atoms with van der Waals surface area (Å²) in [5.74, 6) is -0.955. The van der Waals surface area contributed by atoms with E-state index < -0.39 is 16.9 Å². The predicted molar refractivity (Wildman–Crippen MR) is 78.9 cm³/mol. The van der Waals surface area contributed by atoms with Gasteiger partial charge in [-0.1, -0.05) is 0 Å². The van der Waals surface area contributed by atoms with Crippen molar-refractivity contribution in [2.45, 2.75) is 39.7 Å². The molecule has 21 heavy (non-hydrogen) atoms. The van der Waals surface area contributed by atoms with Crippen LogP contribution in [-0.2, 0) is 18.3 Å². The summed E-state index contributed by atoms with van der Waals surface area (Å²) in [4.78, 5) is 23.2. The lowest BCUT2D eigenvalue weighted by Gasteiger charge is -2.38. The van der Waals surface area contributed by atoms with Crippen LogP contribution in [-0.4, -0.2) is 39.0 Å². The number of rotatable bonds is 6. The summed E-state index contributed by atoms with van der Waals surface area (Å²) in [6.07, 6.45) is 4.30. The number of carboxylic acid groups (broad SMARTS) is 1. The van der Waals surface area contributed by atoms with Crippen LogP contribution in [0.15, 0.2) is 12.4 Å². The Hall–Kier alpha value is -2.05. The van der Waals surface area contributed by atoms with E-state index in [1.807, 2.05) is 13.2 Å². The summed E-state index contributed by atoms with van der Waals surface area (Å²) in [6, 6.07) is -0.377. The van der Waals surface area contributed by atoms with E-state index in [0.717, 1.165) is 5.56 Å². The van der Waals surface area contributed by atoms with E-state index in [1.54, 1.807) is 38.6 Å². The number of aryl methyl sites for hydroxylation is 1. The van der Waals surface area contributed by atoms with Crippen LogP contribution in [0.5, 0.6) is 0 Å². The number of amides is 2. The van der Waals surface area contributed by atoms with Crippen LogP contribution >= 0.6 is 0 Å². The summed E-state index contributed by atoms with van der Waals surface area (Å²) >= 11 is 0. The van der Waals surface area contributed by atoms with E-state index in [1.165, 1.54) is 0 Å². The van der Waals surface area contributed by atoms with Crippen molar-refractivity contribution in [1.82, 2.24) is 20.4 Å². The Morgan fingerprint density at radius 2 is 1.95 bits per heavy atom. The number of hydrogen-bond donors (Lipinski definition) is 3. The highest BCUT2D eigenvalue weighted by Crippen LogP contribution is 2.30. The van der Waals surface area contributed by atoms with Crippen molar-refractivity contribution in [1.29, 1.82) is 0 Å². The van der Waals surface area contributed by atoms with Gasteiger partial charge in [-0.2, -0.15) is 5.10 Å². The minimum Gasteiger partial charge on any atom is -0.481 e. The van der Waals surface area contributed by atoms with Crippen molar-refractivity contribution >= 4 is 12.0 Å². The molecule has 1 aromatic rings. The average Bonchev–Trinajstić information content (AvgIpc) is 2.73. The molecule has 0 saturated heterocycles. The molecule has 0 bridgehead atoms. The van der Waals surface area contributed by atoms with Gasteiger partial charge >= 0.3 is 12.0 Å². The van der Waals surface area contributed by atoms with Gasteiger partial charge < -0.3 is 15.7 Å². The minimum atomic E-state index is -1.08. The number of nitrogens with zero attached hydrogens (tertiary/aromatic N) is 2. The second-order valence-corrected chi connectivity index (χ2v) is 6.21. The van der Waals surface area contributed by atoms with E-state index in [4.69, 9.17) is 0 Å². The number of aliphatic carboxylic acids is 1. The van der Waals surface area contributed by atoms with E-state index in [2.05, 4.69) is 15.7 Å². The lowest BCUT2D eigenvalue weighted by atomic mass is 9.74. The van der Waals surface area contributed by atoms with Crippen LogP contribution in [0.25, 0.3) is 0 Å². The molecule has 7 heteroatoms. The minimum absolute atomic E-state index is 0.377. The standard InChI is InChI=1S/C14H24N4O3/c1-13(2,11(19)20)14(3,4)17-12(21)15-7-6-10-8-16-18(5)9-10/h8-9H,6-7H2,1-5H3,(H,19,20)(H2,15,17,21). The highest BCUT2D eigenvalue weighted by molar-refractivity contribution is 5.79. The first kappa shape index (κ1) is 17.0. The number of urea groups is 1. The zero-order valence-electron chi connectivity index (χ0n) is 13.2. The zero-order valence-corrected chi connectivity index (χ0v) is 13.2. The van der Waals surface area contributed by atoms with Crippen LogP contribution in [0.2, 0.25) is 0 Å². The molecule has 1 aromatic heterocycles. The van der Waals surface area contributed by atoms with E-state index >= 15 is 0 Å². The van der Waals surface area contributed by atoms with Crippen LogP contribution in [0.1, 0.15) is 33.3 Å². The third kappa shape index (κ3) is 4.21. The molecule has 0 aliphatic rings. The van der Waals surface area contributed by atoms with Gasteiger partial charge in [0, 0.05) is 19.8 Å². The SMILES string of the molecule is Cn1cc(CCNC(=O)NC(C)(C)C(C)(C)C(=O)O)cn1. The molecule has 0 fully saturated rings. The number of carboxylic acids is 1. The average molecular weight is 296 g/mol. The maximum absolute atomic E-state index is 11.9. The topological polar surface area (TPSA) is 96.2 Å². The Kier molecular flexibility index (Phi) is 4.98. The first-order valence-electron chi connectivity index (χ1n) is 6.83. The molecular formula is C14H24N4O3. The summed E-state index contributed by atoms with van der Waals surface area (Å²) in [7, 11) is 1.83. The summed E-state index contributed by atoms with van der Waals surface area (Å²) < 4.78 is 1.70. The van der Waals surface area contributed by atoms with Crippen molar-refractivity contribution < 1.29 is 14.7 Å². The molecule has 1 rings (SSSR count). The number of nitrogens with one attached hydrogen (secondary N) is 2. The van der Waals surface area contributed by atoms with Crippen molar-refractivity contribution in [3.05, 3.63) is 18.0 Å². The maximum atomic E-state index is 11.9. The van der Waals surface area contributed by atoms with Gasteiger partial charge in [-0.25, -0.2) is 4.79 Å². The number of carbonyl (C=O) groups is 2. The smallest absolute Gasteiger partial charge is 0.315 e. The Labute approximate surface area is 124 Å². The largest absolute Gasteiger partial charge is 0.481 e. The van der Waals surface area contributed by atoms with Gasteiger partial charge in [-0.05, 0) is 39.7 Å². The second kappa shape index (κ2) is 6.15. The van der Waals surface area contributed by atoms with Crippen molar-refractivity contribution in [2.75, 3.05) is 6.54 Å². The Bertz CT molecular complexity index is 520. The summed E-state index contributed by atoms with van der Waals surface area (Å²) in [5.41, 5.74) is -0.923. The Morgan fingerprint density at radius 1 is 1.33 bits per heavy atom. The number of aromatic nitrogens is 2. The first-order valence-corrected chi connectivity index (χ1v) is 6.83. The third-order valence-electron chi connectivity index (χ3n) is 3.98. The quantitative estimate of drug-likeness (QED) is 0.733. The molecule has 0 radical (unpaired) electrons. The van der Waals surface area contributed by atoms with Crippen molar-refractivity contribution in [3.63, 3.8) is 0 Å². The van der Waals surface area contributed by atoms with Crippen molar-refractivity contribution in [2.24, 2.45) is 12.5 Å². The van der Waals surface area contributed by atoms with Gasteiger partial charge in [0.2, 0.25) is 0 Å². The predicted octanol–water partition coefficient (Wildman–Crippen LogP) is 1.15. The highest BCUT2D eigenvalue weighted by Gasteiger charge is 2.44. The van der Waals surface area contributed by atoms with Gasteiger partial charge in [0.25, 0.3) is 0 Å². The molecule has 1 heterocycles. The third-order valence-corrected chi connectivity index (χ3v) is 3.98. The molecule has 0 aliphatic heterocycles. The molecule has 0 aliphatic carbocycles. The monoisotopic (exact) mass is 296 g/mol. The van der Waals surface area contributed by atoms with E-state index in [0.29, 0.717) is 13.0 Å². The number of carbonyl (C=O) groups excluding carboxylic acids is 1. The van der Waals surface area contributed by atoms with Gasteiger partial charge in [0.15, 0.2) is 0 Å². The molecule has 0 atom stereocenters. The van der Waals surface area contributed by atoms with Gasteiger partial charge in [0.1, 0.15) is 0 Å². The normalized spacial score (nSPS) is 12.0. The summed E-state index contributed by atoms with van der Waals surface area (Å²) in [6.45, 7) is 7.03. The lowest BCUT2D eigenvalue weighted by molar-refractivity contribution is -0.150. The van der Waals surface area contributed by atoms with Crippen molar-refractivity contribution in [3.8, 4) is 0 Å². The lowest BCUT2D eigenvalue weighted by Crippen LogP contribution is -2.59. The molecule has 2 amide bonds. The first-order chi connectivity index (χ1) is 9.56. The van der Waals surface area contributed by atoms with Crippen LogP contribution in [0.4, 0.5) is 4.79 Å². The molecule has 3 N–H and O–H groups in total. The fraction of sp³-hybridized carbons (Fsp3) is 0.643. The van der Waals surface area contributed by atoms with E-state index in [-0.39, 0.29) is 6.03 Å². The van der Waals surface area contributed by atoms with Crippen LogP contribution in [0, 0.1) is 5.41 Å². The highest BCUT2D eigenvalue weighted by atomic mass is 16.4. The zero-order chi connectivity index (χ0) is 16.3.